The number of carbonyl (C=O) groups is 2. The minimum atomic E-state index is -1.07. The van der Waals surface area contributed by atoms with Gasteiger partial charge in [0.25, 0.3) is 5.91 Å². The van der Waals surface area contributed by atoms with Crippen molar-refractivity contribution >= 4 is 11.9 Å². The zero-order chi connectivity index (χ0) is 18.0. The van der Waals surface area contributed by atoms with Crippen molar-refractivity contribution in [2.75, 3.05) is 6.54 Å². The highest BCUT2D eigenvalue weighted by atomic mass is 19.1. The maximum atomic E-state index is 14.5. The van der Waals surface area contributed by atoms with E-state index in [0.717, 1.165) is 6.42 Å². The lowest BCUT2D eigenvalue weighted by molar-refractivity contribution is -0.143. The second-order valence-electron chi connectivity index (χ2n) is 6.05. The van der Waals surface area contributed by atoms with Gasteiger partial charge < -0.3 is 10.0 Å². The van der Waals surface area contributed by atoms with Crippen LogP contribution in [0.4, 0.5) is 8.78 Å². The van der Waals surface area contributed by atoms with E-state index in [1.165, 1.54) is 41.3 Å². The van der Waals surface area contributed by atoms with E-state index in [0.29, 0.717) is 30.5 Å². The zero-order valence-corrected chi connectivity index (χ0v) is 13.4. The molecule has 0 saturated carbocycles. The molecule has 4 nitrogen and oxygen atoms in total. The van der Waals surface area contributed by atoms with Gasteiger partial charge in [-0.1, -0.05) is 18.2 Å². The number of carboxylic acid groups (broad SMARTS) is 1. The molecule has 0 aromatic heterocycles. The molecule has 1 atom stereocenters. The van der Waals surface area contributed by atoms with Gasteiger partial charge in [-0.15, -0.1) is 0 Å². The second-order valence-corrected chi connectivity index (χ2v) is 6.05. The summed E-state index contributed by atoms with van der Waals surface area (Å²) in [5.41, 5.74) is 0.988. The molecule has 0 spiro atoms. The summed E-state index contributed by atoms with van der Waals surface area (Å²) in [6.45, 7) is 0.301. The fourth-order valence-corrected chi connectivity index (χ4v) is 3.10. The fourth-order valence-electron chi connectivity index (χ4n) is 3.10. The van der Waals surface area contributed by atoms with Gasteiger partial charge in [0.05, 0.1) is 5.56 Å². The van der Waals surface area contributed by atoms with Crippen molar-refractivity contribution in [3.63, 3.8) is 0 Å². The van der Waals surface area contributed by atoms with Crippen molar-refractivity contribution in [3.8, 4) is 11.1 Å². The Hall–Kier alpha value is -2.76. The van der Waals surface area contributed by atoms with E-state index in [1.54, 1.807) is 6.07 Å². The first kappa shape index (κ1) is 17.1. The van der Waals surface area contributed by atoms with Crippen LogP contribution in [0.1, 0.15) is 29.6 Å². The summed E-state index contributed by atoms with van der Waals surface area (Å²) in [7, 11) is 0. The number of benzene rings is 2. The summed E-state index contributed by atoms with van der Waals surface area (Å²) in [6, 6.07) is 8.81. The van der Waals surface area contributed by atoms with E-state index in [-0.39, 0.29) is 11.4 Å². The number of hydrogen-bond acceptors (Lipinski definition) is 2. The molecule has 1 N–H and O–H groups in total. The number of rotatable bonds is 3. The first-order valence-electron chi connectivity index (χ1n) is 8.06. The number of halogens is 2. The van der Waals surface area contributed by atoms with Gasteiger partial charge in [-0.25, -0.2) is 13.6 Å². The van der Waals surface area contributed by atoms with Crippen LogP contribution in [0.25, 0.3) is 11.1 Å². The predicted octanol–water partition coefficient (Wildman–Crippen LogP) is 3.71. The van der Waals surface area contributed by atoms with Crippen molar-refractivity contribution < 1.29 is 23.5 Å². The monoisotopic (exact) mass is 345 g/mol. The summed E-state index contributed by atoms with van der Waals surface area (Å²) < 4.78 is 27.5. The Balaban J connectivity index is 1.88. The quantitative estimate of drug-likeness (QED) is 0.923. The lowest BCUT2D eigenvalue weighted by Crippen LogP contribution is -2.48. The maximum absolute atomic E-state index is 14.5. The molecular weight excluding hydrogens is 328 g/mol. The van der Waals surface area contributed by atoms with Crippen molar-refractivity contribution in [1.82, 2.24) is 4.90 Å². The number of nitrogens with zero attached hydrogens (tertiary/aromatic N) is 1. The van der Waals surface area contributed by atoms with E-state index in [9.17, 15) is 23.5 Å². The normalized spacial score (nSPS) is 17.4. The molecule has 1 aliphatic rings. The van der Waals surface area contributed by atoms with Gasteiger partial charge in [-0.3, -0.25) is 4.79 Å². The van der Waals surface area contributed by atoms with Crippen LogP contribution < -0.4 is 0 Å². The van der Waals surface area contributed by atoms with Gasteiger partial charge in [0, 0.05) is 6.54 Å². The topological polar surface area (TPSA) is 57.6 Å². The third kappa shape index (κ3) is 3.52. The molecule has 0 bridgehead atoms. The molecule has 0 aliphatic carbocycles. The zero-order valence-electron chi connectivity index (χ0n) is 13.4. The molecule has 1 saturated heterocycles. The van der Waals surface area contributed by atoms with Crippen LogP contribution in [0.3, 0.4) is 0 Å². The van der Waals surface area contributed by atoms with E-state index in [2.05, 4.69) is 0 Å². The van der Waals surface area contributed by atoms with Crippen molar-refractivity contribution in [2.45, 2.75) is 25.3 Å². The Labute approximate surface area is 143 Å². The van der Waals surface area contributed by atoms with Crippen LogP contribution in [0.15, 0.2) is 42.5 Å². The van der Waals surface area contributed by atoms with Crippen molar-refractivity contribution in [2.24, 2.45) is 0 Å². The maximum Gasteiger partial charge on any atom is 0.326 e. The van der Waals surface area contributed by atoms with Gasteiger partial charge >= 0.3 is 5.97 Å². The van der Waals surface area contributed by atoms with Crippen LogP contribution in [0, 0.1) is 11.6 Å². The smallest absolute Gasteiger partial charge is 0.326 e. The van der Waals surface area contributed by atoms with Gasteiger partial charge in [0.1, 0.15) is 17.7 Å². The molecule has 25 heavy (non-hydrogen) atoms. The molecule has 1 unspecified atom stereocenters. The highest BCUT2D eigenvalue weighted by Crippen LogP contribution is 2.25. The summed E-state index contributed by atoms with van der Waals surface area (Å²) in [5, 5.41) is 9.27. The summed E-state index contributed by atoms with van der Waals surface area (Å²) >= 11 is 0. The van der Waals surface area contributed by atoms with E-state index in [1.807, 2.05) is 0 Å². The third-order valence-corrected chi connectivity index (χ3v) is 4.43. The molecule has 1 fully saturated rings. The predicted molar refractivity (Wildman–Crippen MR) is 88.1 cm³/mol. The first-order valence-corrected chi connectivity index (χ1v) is 8.06. The molecule has 2 aromatic carbocycles. The molecule has 1 amide bonds. The molecule has 1 heterocycles. The third-order valence-electron chi connectivity index (χ3n) is 4.43. The van der Waals surface area contributed by atoms with Crippen molar-refractivity contribution in [1.29, 1.82) is 0 Å². The Morgan fingerprint density at radius 2 is 1.68 bits per heavy atom. The van der Waals surface area contributed by atoms with Crippen LogP contribution in [0.5, 0.6) is 0 Å². The minimum Gasteiger partial charge on any atom is -0.480 e. The Kier molecular flexibility index (Phi) is 4.79. The van der Waals surface area contributed by atoms with E-state index in [4.69, 9.17) is 0 Å². The van der Waals surface area contributed by atoms with Crippen LogP contribution >= 0.6 is 0 Å². The highest BCUT2D eigenvalue weighted by Gasteiger charge is 2.33. The molecule has 6 heteroatoms. The van der Waals surface area contributed by atoms with E-state index < -0.39 is 23.7 Å². The highest BCUT2D eigenvalue weighted by molar-refractivity contribution is 5.97. The molecule has 2 aromatic rings. The summed E-state index contributed by atoms with van der Waals surface area (Å²) in [6.07, 6.45) is 1.80. The number of likely N-dealkylation sites (tertiary alicyclic amines) is 1. The van der Waals surface area contributed by atoms with Gasteiger partial charge in [-0.05, 0) is 54.7 Å². The molecule has 3 rings (SSSR count). The second kappa shape index (κ2) is 7.01. The summed E-state index contributed by atoms with van der Waals surface area (Å²) in [5.74, 6) is -2.80. The molecular formula is C19H17F2NO3. The van der Waals surface area contributed by atoms with Gasteiger partial charge in [0.2, 0.25) is 0 Å². The molecule has 1 aliphatic heterocycles. The Morgan fingerprint density at radius 3 is 2.32 bits per heavy atom. The average molecular weight is 345 g/mol. The van der Waals surface area contributed by atoms with Crippen molar-refractivity contribution in [3.05, 3.63) is 59.7 Å². The number of amides is 1. The number of carboxylic acids is 1. The lowest BCUT2D eigenvalue weighted by atomic mass is 9.99. The van der Waals surface area contributed by atoms with Crippen LogP contribution in [-0.2, 0) is 4.79 Å². The van der Waals surface area contributed by atoms with Gasteiger partial charge in [-0.2, -0.15) is 0 Å². The lowest BCUT2D eigenvalue weighted by Gasteiger charge is -2.33. The SMILES string of the molecule is O=C(O)C1CCCCN1C(=O)c1ccc(-c2ccc(F)cc2)cc1F. The molecule has 130 valence electrons. The Bertz CT molecular complexity index is 805. The Morgan fingerprint density at radius 1 is 1.00 bits per heavy atom. The number of carbonyl (C=O) groups excluding carboxylic acids is 1. The number of aliphatic carboxylic acids is 1. The van der Waals surface area contributed by atoms with Crippen LogP contribution in [-0.4, -0.2) is 34.5 Å². The number of hydrogen-bond donors (Lipinski definition) is 1. The molecule has 0 radical (unpaired) electrons. The minimum absolute atomic E-state index is 0.154. The van der Waals surface area contributed by atoms with E-state index >= 15 is 0 Å². The van der Waals surface area contributed by atoms with Gasteiger partial charge in [0.15, 0.2) is 0 Å². The largest absolute Gasteiger partial charge is 0.480 e. The summed E-state index contributed by atoms with van der Waals surface area (Å²) in [4.78, 5) is 25.2. The standard InChI is InChI=1S/C19H17F2NO3/c20-14-7-4-12(5-8-14)13-6-9-15(16(21)11-13)18(23)22-10-2-1-3-17(22)19(24)25/h4-9,11,17H,1-3,10H2,(H,24,25). The average Bonchev–Trinajstić information content (AvgIpc) is 2.61. The first-order chi connectivity index (χ1) is 12.0. The fraction of sp³-hybridized carbons (Fsp3) is 0.263. The number of piperidine rings is 1. The van der Waals surface area contributed by atoms with Crippen LogP contribution in [0.2, 0.25) is 0 Å².